The summed E-state index contributed by atoms with van der Waals surface area (Å²) in [6, 6.07) is 0. The van der Waals surface area contributed by atoms with Crippen molar-refractivity contribution in [1.29, 1.82) is 0 Å². The molecule has 1 fully saturated rings. The number of rotatable bonds is 9. The van der Waals surface area contributed by atoms with Gasteiger partial charge in [-0.25, -0.2) is 0 Å². The SMILES string of the molecule is CCNCC1(CN(CC)CC(C)CC)CCCCC1. The van der Waals surface area contributed by atoms with E-state index in [1.165, 1.54) is 64.7 Å². The molecule has 0 heterocycles. The van der Waals surface area contributed by atoms with Gasteiger partial charge in [0.15, 0.2) is 0 Å². The summed E-state index contributed by atoms with van der Waals surface area (Å²) in [6.07, 6.45) is 8.48. The van der Waals surface area contributed by atoms with E-state index < -0.39 is 0 Å². The molecule has 0 aromatic carbocycles. The van der Waals surface area contributed by atoms with E-state index in [9.17, 15) is 0 Å². The number of hydrogen-bond acceptors (Lipinski definition) is 2. The first-order valence-electron chi connectivity index (χ1n) is 8.59. The van der Waals surface area contributed by atoms with Crippen molar-refractivity contribution < 1.29 is 0 Å². The predicted octanol–water partition coefficient (Wildman–Crippen LogP) is 3.91. The highest BCUT2D eigenvalue weighted by molar-refractivity contribution is 4.88. The fourth-order valence-electron chi connectivity index (χ4n) is 3.43. The van der Waals surface area contributed by atoms with Gasteiger partial charge < -0.3 is 10.2 Å². The standard InChI is InChI=1S/C17H36N2/c1-5-16(4)13-19(7-3)15-17(14-18-6-2)11-9-8-10-12-17/h16,18H,5-15H2,1-4H3. The van der Waals surface area contributed by atoms with Gasteiger partial charge in [-0.3, -0.25) is 0 Å². The highest BCUT2D eigenvalue weighted by atomic mass is 15.1. The molecule has 1 N–H and O–H groups in total. The maximum absolute atomic E-state index is 3.63. The van der Waals surface area contributed by atoms with Crippen molar-refractivity contribution in [3.05, 3.63) is 0 Å². The Labute approximate surface area is 121 Å². The average molecular weight is 268 g/mol. The Hall–Kier alpha value is -0.0800. The summed E-state index contributed by atoms with van der Waals surface area (Å²) in [6.45, 7) is 15.4. The molecule has 0 spiro atoms. The minimum atomic E-state index is 0.553. The smallest absolute Gasteiger partial charge is 0.00501 e. The highest BCUT2D eigenvalue weighted by Crippen LogP contribution is 2.36. The minimum absolute atomic E-state index is 0.553. The van der Waals surface area contributed by atoms with E-state index in [4.69, 9.17) is 0 Å². The predicted molar refractivity (Wildman–Crippen MR) is 85.6 cm³/mol. The van der Waals surface area contributed by atoms with Crippen molar-refractivity contribution in [2.24, 2.45) is 11.3 Å². The molecular weight excluding hydrogens is 232 g/mol. The van der Waals surface area contributed by atoms with Crippen LogP contribution in [0.5, 0.6) is 0 Å². The molecule has 0 saturated heterocycles. The van der Waals surface area contributed by atoms with E-state index in [2.05, 4.69) is 37.9 Å². The van der Waals surface area contributed by atoms with Crippen LogP contribution in [0.25, 0.3) is 0 Å². The number of nitrogens with zero attached hydrogens (tertiary/aromatic N) is 1. The average Bonchev–Trinajstić information content (AvgIpc) is 2.45. The zero-order chi connectivity index (χ0) is 14.1. The molecule has 0 amide bonds. The summed E-state index contributed by atoms with van der Waals surface area (Å²) in [7, 11) is 0. The van der Waals surface area contributed by atoms with Gasteiger partial charge in [-0.1, -0.05) is 53.4 Å². The topological polar surface area (TPSA) is 15.3 Å². The van der Waals surface area contributed by atoms with Crippen molar-refractivity contribution in [3.63, 3.8) is 0 Å². The largest absolute Gasteiger partial charge is 0.316 e. The fraction of sp³-hybridized carbons (Fsp3) is 1.00. The first-order chi connectivity index (χ1) is 9.15. The lowest BCUT2D eigenvalue weighted by atomic mass is 9.73. The summed E-state index contributed by atoms with van der Waals surface area (Å²) >= 11 is 0. The van der Waals surface area contributed by atoms with Gasteiger partial charge in [-0.2, -0.15) is 0 Å². The second kappa shape index (κ2) is 8.97. The van der Waals surface area contributed by atoms with Gasteiger partial charge in [0.1, 0.15) is 0 Å². The van der Waals surface area contributed by atoms with Gasteiger partial charge >= 0.3 is 0 Å². The van der Waals surface area contributed by atoms with Crippen LogP contribution >= 0.6 is 0 Å². The van der Waals surface area contributed by atoms with Crippen LogP contribution in [0, 0.1) is 11.3 Å². The van der Waals surface area contributed by atoms with Crippen molar-refractivity contribution in [3.8, 4) is 0 Å². The Kier molecular flexibility index (Phi) is 8.01. The van der Waals surface area contributed by atoms with Crippen molar-refractivity contribution in [2.45, 2.75) is 66.2 Å². The first-order valence-corrected chi connectivity index (χ1v) is 8.59. The maximum atomic E-state index is 3.63. The molecule has 1 aliphatic rings. The summed E-state index contributed by atoms with van der Waals surface area (Å²) in [5.74, 6) is 0.833. The van der Waals surface area contributed by atoms with Crippen LogP contribution in [0.2, 0.25) is 0 Å². The third-order valence-corrected chi connectivity index (χ3v) is 4.94. The lowest BCUT2D eigenvalue weighted by Crippen LogP contribution is -2.46. The van der Waals surface area contributed by atoms with E-state index in [0.29, 0.717) is 5.41 Å². The monoisotopic (exact) mass is 268 g/mol. The quantitative estimate of drug-likeness (QED) is 0.682. The van der Waals surface area contributed by atoms with Crippen LogP contribution in [0.1, 0.15) is 66.2 Å². The molecule has 1 unspecified atom stereocenters. The zero-order valence-corrected chi connectivity index (χ0v) is 13.8. The maximum Gasteiger partial charge on any atom is 0.00501 e. The normalized spacial score (nSPS) is 20.7. The van der Waals surface area contributed by atoms with Crippen LogP contribution in [0.15, 0.2) is 0 Å². The van der Waals surface area contributed by atoms with Crippen LogP contribution in [0.4, 0.5) is 0 Å². The molecular formula is C17H36N2. The van der Waals surface area contributed by atoms with Gasteiger partial charge in [0.05, 0.1) is 0 Å². The van der Waals surface area contributed by atoms with Crippen LogP contribution in [-0.4, -0.2) is 37.6 Å². The summed E-state index contributed by atoms with van der Waals surface area (Å²) in [5, 5.41) is 3.63. The van der Waals surface area contributed by atoms with Crippen LogP contribution < -0.4 is 5.32 Å². The summed E-state index contributed by atoms with van der Waals surface area (Å²) in [4.78, 5) is 2.71. The van der Waals surface area contributed by atoms with Crippen LogP contribution in [0.3, 0.4) is 0 Å². The van der Waals surface area contributed by atoms with Gasteiger partial charge in [0.2, 0.25) is 0 Å². The second-order valence-electron chi connectivity index (χ2n) is 6.68. The van der Waals surface area contributed by atoms with Crippen LogP contribution in [-0.2, 0) is 0 Å². The summed E-state index contributed by atoms with van der Waals surface area (Å²) in [5.41, 5.74) is 0.553. The Balaban J connectivity index is 2.57. The number of hydrogen-bond donors (Lipinski definition) is 1. The molecule has 114 valence electrons. The van der Waals surface area contributed by atoms with E-state index in [0.717, 1.165) is 12.5 Å². The van der Waals surface area contributed by atoms with E-state index >= 15 is 0 Å². The molecule has 2 heteroatoms. The molecule has 0 aliphatic heterocycles. The van der Waals surface area contributed by atoms with Gasteiger partial charge in [0, 0.05) is 19.6 Å². The fourth-order valence-corrected chi connectivity index (χ4v) is 3.43. The lowest BCUT2D eigenvalue weighted by Gasteiger charge is -2.42. The molecule has 1 atom stereocenters. The van der Waals surface area contributed by atoms with Gasteiger partial charge in [-0.05, 0) is 37.3 Å². The molecule has 2 nitrogen and oxygen atoms in total. The molecule has 0 aromatic rings. The Bertz CT molecular complexity index is 221. The first kappa shape index (κ1) is 17.0. The Morgan fingerprint density at radius 1 is 1.11 bits per heavy atom. The zero-order valence-electron chi connectivity index (χ0n) is 13.8. The number of nitrogens with one attached hydrogen (secondary N) is 1. The molecule has 1 saturated carbocycles. The second-order valence-corrected chi connectivity index (χ2v) is 6.68. The van der Waals surface area contributed by atoms with Gasteiger partial charge in [-0.15, -0.1) is 0 Å². The van der Waals surface area contributed by atoms with Crippen molar-refractivity contribution in [1.82, 2.24) is 10.2 Å². The third-order valence-electron chi connectivity index (χ3n) is 4.94. The highest BCUT2D eigenvalue weighted by Gasteiger charge is 2.33. The van der Waals surface area contributed by atoms with Crippen molar-refractivity contribution in [2.75, 3.05) is 32.7 Å². The summed E-state index contributed by atoms with van der Waals surface area (Å²) < 4.78 is 0. The molecule has 1 aliphatic carbocycles. The van der Waals surface area contributed by atoms with Gasteiger partial charge in [0.25, 0.3) is 0 Å². The van der Waals surface area contributed by atoms with E-state index in [1.54, 1.807) is 0 Å². The molecule has 0 aromatic heterocycles. The lowest BCUT2D eigenvalue weighted by molar-refractivity contribution is 0.0965. The molecule has 0 radical (unpaired) electrons. The minimum Gasteiger partial charge on any atom is -0.316 e. The molecule has 19 heavy (non-hydrogen) atoms. The Morgan fingerprint density at radius 3 is 2.32 bits per heavy atom. The molecule has 1 rings (SSSR count). The molecule has 0 bridgehead atoms. The van der Waals surface area contributed by atoms with E-state index in [-0.39, 0.29) is 0 Å². The van der Waals surface area contributed by atoms with Crippen molar-refractivity contribution >= 4 is 0 Å². The Morgan fingerprint density at radius 2 is 1.79 bits per heavy atom. The van der Waals surface area contributed by atoms with E-state index in [1.807, 2.05) is 0 Å². The third kappa shape index (κ3) is 5.83.